The van der Waals surface area contributed by atoms with Crippen molar-refractivity contribution in [2.75, 3.05) is 0 Å². The minimum absolute atomic E-state index is 0.263. The van der Waals surface area contributed by atoms with Crippen molar-refractivity contribution in [2.45, 2.75) is 31.4 Å². The van der Waals surface area contributed by atoms with Crippen LogP contribution in [-0.4, -0.2) is 16.3 Å². The van der Waals surface area contributed by atoms with Gasteiger partial charge in [0.25, 0.3) is 0 Å². The summed E-state index contributed by atoms with van der Waals surface area (Å²) in [6.45, 7) is 0. The number of aromatic hydroxyl groups is 1. The molecule has 1 aliphatic rings. The summed E-state index contributed by atoms with van der Waals surface area (Å²) >= 11 is 0. The van der Waals surface area contributed by atoms with E-state index in [0.29, 0.717) is 5.92 Å². The van der Waals surface area contributed by atoms with Crippen LogP contribution in [0, 0.1) is 5.92 Å². The Morgan fingerprint density at radius 3 is 2.42 bits per heavy atom. The molecule has 0 bridgehead atoms. The predicted molar refractivity (Wildman–Crippen MR) is 75.9 cm³/mol. The molecule has 0 heterocycles. The Morgan fingerprint density at radius 2 is 1.74 bits per heavy atom. The molecule has 3 nitrogen and oxygen atoms in total. The van der Waals surface area contributed by atoms with Crippen LogP contribution in [-0.2, 0) is 0 Å². The lowest BCUT2D eigenvalue weighted by atomic mass is 9.77. The molecule has 0 aromatic heterocycles. The highest BCUT2D eigenvalue weighted by Crippen LogP contribution is 2.35. The van der Waals surface area contributed by atoms with Gasteiger partial charge in [0.15, 0.2) is 0 Å². The Bertz CT molecular complexity index is 592. The summed E-state index contributed by atoms with van der Waals surface area (Å²) in [5, 5.41) is 21.7. The number of nitrogens with two attached hydrogens (primary N) is 1. The molecule has 0 amide bonds. The number of aliphatic hydroxyl groups excluding tert-OH is 1. The molecule has 3 rings (SSSR count). The van der Waals surface area contributed by atoms with Crippen molar-refractivity contribution >= 4 is 10.8 Å². The van der Waals surface area contributed by atoms with Crippen molar-refractivity contribution in [1.29, 1.82) is 0 Å². The highest BCUT2D eigenvalue weighted by Gasteiger charge is 2.30. The smallest absolute Gasteiger partial charge is 0.116 e. The molecule has 3 heteroatoms. The SMILES string of the molecule is N[C@H](c1ccc2cc(O)ccc2c1)[C@@H](O)C1CCC1. The van der Waals surface area contributed by atoms with Crippen LogP contribution in [0.4, 0.5) is 0 Å². The Kier molecular flexibility index (Phi) is 3.17. The van der Waals surface area contributed by atoms with E-state index in [9.17, 15) is 10.2 Å². The van der Waals surface area contributed by atoms with Gasteiger partial charge < -0.3 is 15.9 Å². The summed E-state index contributed by atoms with van der Waals surface area (Å²) in [6.07, 6.45) is 2.90. The lowest BCUT2D eigenvalue weighted by Crippen LogP contribution is -2.36. The molecule has 1 fully saturated rings. The molecule has 0 saturated heterocycles. The summed E-state index contributed by atoms with van der Waals surface area (Å²) in [5.41, 5.74) is 7.13. The van der Waals surface area contributed by atoms with Crippen molar-refractivity contribution in [1.82, 2.24) is 0 Å². The van der Waals surface area contributed by atoms with Gasteiger partial charge in [0.1, 0.15) is 5.75 Å². The molecule has 2 aromatic rings. The zero-order valence-corrected chi connectivity index (χ0v) is 10.8. The van der Waals surface area contributed by atoms with Crippen LogP contribution >= 0.6 is 0 Å². The molecule has 2 atom stereocenters. The monoisotopic (exact) mass is 257 g/mol. The van der Waals surface area contributed by atoms with Gasteiger partial charge in [-0.25, -0.2) is 0 Å². The van der Waals surface area contributed by atoms with Crippen molar-refractivity contribution < 1.29 is 10.2 Å². The van der Waals surface area contributed by atoms with Crippen molar-refractivity contribution in [3.8, 4) is 5.75 Å². The topological polar surface area (TPSA) is 66.5 Å². The first-order valence-electron chi connectivity index (χ1n) is 6.81. The number of phenols is 1. The van der Waals surface area contributed by atoms with Crippen molar-refractivity contribution in [3.05, 3.63) is 42.0 Å². The van der Waals surface area contributed by atoms with Gasteiger partial charge in [-0.3, -0.25) is 0 Å². The first kappa shape index (κ1) is 12.5. The molecular weight excluding hydrogens is 238 g/mol. The average Bonchev–Trinajstić information content (AvgIpc) is 2.35. The Morgan fingerprint density at radius 1 is 1.05 bits per heavy atom. The average molecular weight is 257 g/mol. The standard InChI is InChI=1S/C16H19NO2/c17-15(16(19)10-2-1-3-10)13-5-4-12-9-14(18)7-6-11(12)8-13/h4-10,15-16,18-19H,1-3,17H2/t15-,16+/m1/s1. The molecule has 4 N–H and O–H groups in total. The Hall–Kier alpha value is -1.58. The first-order chi connectivity index (χ1) is 9.15. The molecular formula is C16H19NO2. The molecule has 0 unspecified atom stereocenters. The fraction of sp³-hybridized carbons (Fsp3) is 0.375. The van der Waals surface area contributed by atoms with E-state index < -0.39 is 6.10 Å². The first-order valence-corrected chi connectivity index (χ1v) is 6.81. The van der Waals surface area contributed by atoms with Crippen molar-refractivity contribution in [3.63, 3.8) is 0 Å². The van der Waals surface area contributed by atoms with E-state index in [1.54, 1.807) is 12.1 Å². The summed E-state index contributed by atoms with van der Waals surface area (Å²) in [4.78, 5) is 0. The number of hydrogen-bond donors (Lipinski definition) is 3. The van der Waals surface area contributed by atoms with Gasteiger partial charge in [-0.15, -0.1) is 0 Å². The molecule has 0 aliphatic heterocycles. The van der Waals surface area contributed by atoms with E-state index >= 15 is 0 Å². The van der Waals surface area contributed by atoms with Gasteiger partial charge in [0, 0.05) is 0 Å². The minimum Gasteiger partial charge on any atom is -0.508 e. The second-order valence-electron chi connectivity index (χ2n) is 5.50. The van der Waals surface area contributed by atoms with E-state index in [2.05, 4.69) is 0 Å². The van der Waals surface area contributed by atoms with Crippen LogP contribution in [0.3, 0.4) is 0 Å². The maximum atomic E-state index is 10.2. The van der Waals surface area contributed by atoms with Crippen LogP contribution in [0.15, 0.2) is 36.4 Å². The van der Waals surface area contributed by atoms with Crippen LogP contribution < -0.4 is 5.73 Å². The predicted octanol–water partition coefficient (Wildman–Crippen LogP) is 2.71. The van der Waals surface area contributed by atoms with E-state index in [-0.39, 0.29) is 11.8 Å². The lowest BCUT2D eigenvalue weighted by molar-refractivity contribution is 0.0414. The van der Waals surface area contributed by atoms with Gasteiger partial charge in [0.2, 0.25) is 0 Å². The van der Waals surface area contributed by atoms with Gasteiger partial charge in [0.05, 0.1) is 12.1 Å². The maximum Gasteiger partial charge on any atom is 0.116 e. The largest absolute Gasteiger partial charge is 0.508 e. The van der Waals surface area contributed by atoms with Crippen LogP contribution in [0.2, 0.25) is 0 Å². The third kappa shape index (κ3) is 2.31. The third-order valence-corrected chi connectivity index (χ3v) is 4.23. The molecule has 1 saturated carbocycles. The lowest BCUT2D eigenvalue weighted by Gasteiger charge is -2.33. The summed E-state index contributed by atoms with van der Waals surface area (Å²) in [6, 6.07) is 10.8. The van der Waals surface area contributed by atoms with E-state index in [1.165, 1.54) is 6.42 Å². The highest BCUT2D eigenvalue weighted by molar-refractivity contribution is 5.84. The normalized spacial score (nSPS) is 19.1. The van der Waals surface area contributed by atoms with Crippen LogP contribution in [0.1, 0.15) is 30.9 Å². The molecule has 1 aliphatic carbocycles. The van der Waals surface area contributed by atoms with E-state index in [4.69, 9.17) is 5.73 Å². The number of rotatable bonds is 3. The van der Waals surface area contributed by atoms with Gasteiger partial charge in [-0.05, 0) is 53.3 Å². The second-order valence-corrected chi connectivity index (χ2v) is 5.50. The van der Waals surface area contributed by atoms with Crippen molar-refractivity contribution in [2.24, 2.45) is 11.7 Å². The quantitative estimate of drug-likeness (QED) is 0.792. The molecule has 0 radical (unpaired) electrons. The summed E-state index contributed by atoms with van der Waals surface area (Å²) in [7, 11) is 0. The second kappa shape index (κ2) is 4.83. The maximum absolute atomic E-state index is 10.2. The van der Waals surface area contributed by atoms with Crippen LogP contribution in [0.25, 0.3) is 10.8 Å². The third-order valence-electron chi connectivity index (χ3n) is 4.23. The summed E-state index contributed by atoms with van der Waals surface area (Å²) < 4.78 is 0. The molecule has 2 aromatic carbocycles. The van der Waals surface area contributed by atoms with Gasteiger partial charge in [-0.2, -0.15) is 0 Å². The number of hydrogen-bond acceptors (Lipinski definition) is 3. The molecule has 0 spiro atoms. The minimum atomic E-state index is -0.455. The van der Waals surface area contributed by atoms with E-state index in [1.807, 2.05) is 24.3 Å². The highest BCUT2D eigenvalue weighted by atomic mass is 16.3. The molecule has 100 valence electrons. The number of aliphatic hydroxyl groups is 1. The fourth-order valence-corrected chi connectivity index (χ4v) is 2.73. The van der Waals surface area contributed by atoms with Crippen LogP contribution in [0.5, 0.6) is 5.75 Å². The number of benzene rings is 2. The van der Waals surface area contributed by atoms with Gasteiger partial charge >= 0.3 is 0 Å². The van der Waals surface area contributed by atoms with Gasteiger partial charge in [-0.1, -0.05) is 24.6 Å². The van der Waals surface area contributed by atoms with E-state index in [0.717, 1.165) is 29.2 Å². The Balaban J connectivity index is 1.89. The fourth-order valence-electron chi connectivity index (χ4n) is 2.73. The zero-order chi connectivity index (χ0) is 13.4. The zero-order valence-electron chi connectivity index (χ0n) is 10.8. The number of fused-ring (bicyclic) bond motifs is 1. The molecule has 19 heavy (non-hydrogen) atoms. The summed E-state index contributed by atoms with van der Waals surface area (Å²) in [5.74, 6) is 0.615. The number of phenolic OH excluding ortho intramolecular Hbond substituents is 1. The Labute approximate surface area is 112 Å².